The zero-order chi connectivity index (χ0) is 23.2. The zero-order valence-corrected chi connectivity index (χ0v) is 18.2. The van der Waals surface area contributed by atoms with Crippen LogP contribution in [0.5, 0.6) is 0 Å². The lowest BCUT2D eigenvalue weighted by Gasteiger charge is -2.36. The summed E-state index contributed by atoms with van der Waals surface area (Å²) in [5.41, 5.74) is 6.96. The molecule has 3 heterocycles. The molecular weight excluding hydrogens is 436 g/mol. The summed E-state index contributed by atoms with van der Waals surface area (Å²) >= 11 is 6.04. The molecule has 0 unspecified atom stereocenters. The maximum absolute atomic E-state index is 14.0. The second-order valence-corrected chi connectivity index (χ2v) is 8.63. The monoisotopic (exact) mass is 454 g/mol. The molecule has 0 radical (unpaired) electrons. The first-order valence-electron chi connectivity index (χ1n) is 10.5. The maximum Gasteiger partial charge on any atom is 0.241 e. The van der Waals surface area contributed by atoms with Crippen molar-refractivity contribution < 1.29 is 9.59 Å². The Morgan fingerprint density at radius 1 is 1.09 bits per heavy atom. The van der Waals surface area contributed by atoms with Crippen LogP contribution in [0.3, 0.4) is 0 Å². The summed E-state index contributed by atoms with van der Waals surface area (Å²) in [5.74, 6) is -1.84. The average Bonchev–Trinajstić information content (AvgIpc) is 3.16. The number of Topliss-reactive ketones (excluding diaryl/α,β-unsaturated/α-hetero) is 1. The van der Waals surface area contributed by atoms with Gasteiger partial charge in [-0.25, -0.2) is 0 Å². The highest BCUT2D eigenvalue weighted by Gasteiger charge is 2.65. The fourth-order valence-corrected chi connectivity index (χ4v) is 5.27. The molecule has 33 heavy (non-hydrogen) atoms. The predicted molar refractivity (Wildman–Crippen MR) is 126 cm³/mol. The molecule has 0 aliphatic carbocycles. The van der Waals surface area contributed by atoms with Crippen LogP contribution in [0, 0.1) is 16.7 Å². The second-order valence-electron chi connectivity index (χ2n) is 8.20. The molecule has 2 aromatic carbocycles. The molecule has 0 saturated carbocycles. The highest BCUT2D eigenvalue weighted by Crippen LogP contribution is 2.55. The highest BCUT2D eigenvalue weighted by atomic mass is 35.5. The van der Waals surface area contributed by atoms with Crippen LogP contribution in [0.4, 0.5) is 5.69 Å². The first kappa shape index (κ1) is 20.9. The molecule has 0 spiro atoms. The molecule has 2 N–H and O–H groups in total. The summed E-state index contributed by atoms with van der Waals surface area (Å²) in [7, 11) is 0. The summed E-state index contributed by atoms with van der Waals surface area (Å²) in [6.45, 7) is 0. The number of hydrogen-bond donors (Lipinski definition) is 1. The summed E-state index contributed by atoms with van der Waals surface area (Å²) in [6, 6.07) is 18.4. The number of carbonyl (C=O) groups is 2. The van der Waals surface area contributed by atoms with Crippen LogP contribution in [0.15, 0.2) is 79.1 Å². The highest BCUT2D eigenvalue weighted by molar-refractivity contribution is 6.30. The minimum absolute atomic E-state index is 0.228. The molecule has 1 fully saturated rings. The van der Waals surface area contributed by atoms with Gasteiger partial charge in [0.05, 0.1) is 12.1 Å². The summed E-state index contributed by atoms with van der Waals surface area (Å²) < 4.78 is 0. The number of halogens is 1. The lowest BCUT2D eigenvalue weighted by atomic mass is 9.68. The number of fused-ring (bicyclic) bond motifs is 3. The van der Waals surface area contributed by atoms with E-state index in [0.29, 0.717) is 16.1 Å². The molecular formula is C26H19ClN4O2. The number of aromatic nitrogens is 1. The summed E-state index contributed by atoms with van der Waals surface area (Å²) in [6.07, 6.45) is 6.88. The maximum atomic E-state index is 14.0. The third-order valence-electron chi connectivity index (χ3n) is 6.58. The number of nitriles is 1. The lowest BCUT2D eigenvalue weighted by Crippen LogP contribution is -2.49. The van der Waals surface area contributed by atoms with Crippen LogP contribution < -0.4 is 10.6 Å². The Hall–Kier alpha value is -3.95. The fraction of sp³-hybridized carbons (Fsp3) is 0.154. The Morgan fingerprint density at radius 3 is 2.52 bits per heavy atom. The van der Waals surface area contributed by atoms with Gasteiger partial charge in [0.25, 0.3) is 0 Å². The van der Waals surface area contributed by atoms with Gasteiger partial charge in [-0.1, -0.05) is 48.0 Å². The van der Waals surface area contributed by atoms with Crippen molar-refractivity contribution in [1.82, 2.24) is 4.98 Å². The molecule has 5 rings (SSSR count). The van der Waals surface area contributed by atoms with E-state index in [1.807, 2.05) is 35.2 Å². The van der Waals surface area contributed by atoms with Gasteiger partial charge in [0.2, 0.25) is 5.91 Å². The van der Waals surface area contributed by atoms with Crippen molar-refractivity contribution in [3.8, 4) is 6.07 Å². The largest absolute Gasteiger partial charge is 0.368 e. The molecule has 2 aliphatic rings. The van der Waals surface area contributed by atoms with E-state index >= 15 is 0 Å². The normalized spacial score (nSPS) is 25.1. The molecule has 1 saturated heterocycles. The van der Waals surface area contributed by atoms with E-state index < -0.39 is 29.3 Å². The standard InChI is InChI=1S/C26H19ClN4O2/c27-19-10-7-17(8-11-19)24(32)23-22(18-5-3-13-30-14-18)26(15-28,25(29)33)21-12-9-16-4-1-2-6-20(16)31(21)23/h1-14,21-23H,(H2,29,33)/t21-,22-,23+,26-/m1/s1. The van der Waals surface area contributed by atoms with Gasteiger partial charge in [0.15, 0.2) is 11.2 Å². The zero-order valence-electron chi connectivity index (χ0n) is 17.4. The van der Waals surface area contributed by atoms with Gasteiger partial charge >= 0.3 is 0 Å². The smallest absolute Gasteiger partial charge is 0.241 e. The van der Waals surface area contributed by atoms with E-state index in [4.69, 9.17) is 17.3 Å². The van der Waals surface area contributed by atoms with E-state index in [0.717, 1.165) is 11.3 Å². The van der Waals surface area contributed by atoms with Crippen molar-refractivity contribution in [2.75, 3.05) is 4.90 Å². The van der Waals surface area contributed by atoms with Crippen LogP contribution in [0.1, 0.15) is 27.4 Å². The predicted octanol–water partition coefficient (Wildman–Crippen LogP) is 3.98. The lowest BCUT2D eigenvalue weighted by molar-refractivity contribution is -0.125. The van der Waals surface area contributed by atoms with Crippen molar-refractivity contribution in [2.24, 2.45) is 11.1 Å². The van der Waals surface area contributed by atoms with Crippen LogP contribution in [0.25, 0.3) is 6.08 Å². The number of primary amides is 1. The number of rotatable bonds is 4. The number of amides is 1. The van der Waals surface area contributed by atoms with Crippen LogP contribution >= 0.6 is 11.6 Å². The Balaban J connectivity index is 1.80. The van der Waals surface area contributed by atoms with Crippen LogP contribution in [0.2, 0.25) is 5.02 Å². The number of hydrogen-bond acceptors (Lipinski definition) is 5. The molecule has 162 valence electrons. The third kappa shape index (κ3) is 3.05. The summed E-state index contributed by atoms with van der Waals surface area (Å²) in [4.78, 5) is 33.2. The van der Waals surface area contributed by atoms with E-state index in [9.17, 15) is 14.9 Å². The minimum atomic E-state index is -1.68. The number of pyridine rings is 1. The van der Waals surface area contributed by atoms with Crippen molar-refractivity contribution in [3.63, 3.8) is 0 Å². The van der Waals surface area contributed by atoms with Gasteiger partial charge in [-0.05, 0) is 47.5 Å². The van der Waals surface area contributed by atoms with E-state index in [-0.39, 0.29) is 5.78 Å². The van der Waals surface area contributed by atoms with Gasteiger partial charge in [0, 0.05) is 34.6 Å². The molecule has 7 heteroatoms. The van der Waals surface area contributed by atoms with E-state index in [2.05, 4.69) is 11.1 Å². The van der Waals surface area contributed by atoms with Gasteiger partial charge in [-0.3, -0.25) is 14.6 Å². The van der Waals surface area contributed by atoms with Gasteiger partial charge < -0.3 is 10.6 Å². The Labute approximate surface area is 195 Å². The summed E-state index contributed by atoms with van der Waals surface area (Å²) in [5, 5.41) is 11.0. The number of nitrogens with two attached hydrogens (primary N) is 1. The number of ketones is 1. The first-order chi connectivity index (χ1) is 16.0. The number of nitrogens with zero attached hydrogens (tertiary/aromatic N) is 3. The third-order valence-corrected chi connectivity index (χ3v) is 6.83. The molecule has 0 bridgehead atoms. The van der Waals surface area contributed by atoms with Gasteiger partial charge in [-0.15, -0.1) is 0 Å². The molecule has 6 nitrogen and oxygen atoms in total. The van der Waals surface area contributed by atoms with Gasteiger partial charge in [0.1, 0.15) is 6.04 Å². The van der Waals surface area contributed by atoms with E-state index in [1.54, 1.807) is 54.9 Å². The molecule has 4 atom stereocenters. The molecule has 3 aromatic rings. The number of para-hydroxylation sites is 1. The Morgan fingerprint density at radius 2 is 1.85 bits per heavy atom. The topological polar surface area (TPSA) is 100 Å². The van der Waals surface area contributed by atoms with Crippen molar-refractivity contribution in [2.45, 2.75) is 18.0 Å². The van der Waals surface area contributed by atoms with Gasteiger partial charge in [-0.2, -0.15) is 5.26 Å². The molecule has 2 aliphatic heterocycles. The van der Waals surface area contributed by atoms with E-state index in [1.165, 1.54) is 0 Å². The van der Waals surface area contributed by atoms with Crippen molar-refractivity contribution in [3.05, 3.63) is 101 Å². The van der Waals surface area contributed by atoms with Crippen LogP contribution in [-0.2, 0) is 4.79 Å². The number of anilines is 1. The fourth-order valence-electron chi connectivity index (χ4n) is 5.15. The number of carbonyl (C=O) groups excluding carboxylic acids is 2. The SMILES string of the molecule is N#C[C@]1(C(N)=O)[C@H](c2cccnc2)[C@@H](C(=O)c2ccc(Cl)cc2)N2c3ccccc3C=C[C@@H]21. The van der Waals surface area contributed by atoms with Crippen LogP contribution in [-0.4, -0.2) is 28.8 Å². The minimum Gasteiger partial charge on any atom is -0.368 e. The molecule has 1 amide bonds. The molecule has 1 aromatic heterocycles. The first-order valence-corrected chi connectivity index (χ1v) is 10.8. The second kappa shape index (κ2) is 7.88. The van der Waals surface area contributed by atoms with Crippen molar-refractivity contribution in [1.29, 1.82) is 5.26 Å². The number of benzene rings is 2. The average molecular weight is 455 g/mol. The van der Waals surface area contributed by atoms with Crippen molar-refractivity contribution >= 4 is 35.1 Å². The quantitative estimate of drug-likeness (QED) is 0.601. The Kier molecular flexibility index (Phi) is 4.99. The Bertz CT molecular complexity index is 1320.